The highest BCUT2D eigenvalue weighted by Gasteiger charge is 2.61. The number of hydrogen-bond donors (Lipinski definition) is 1. The van der Waals surface area contributed by atoms with Gasteiger partial charge in [0.05, 0.1) is 6.10 Å². The first-order valence-electron chi connectivity index (χ1n) is 9.82. The fraction of sp³-hybridized carbons (Fsp3) is 0.857. The fourth-order valence-corrected chi connectivity index (χ4v) is 7.46. The fourth-order valence-electron chi connectivity index (χ4n) is 7.46. The van der Waals surface area contributed by atoms with Crippen LogP contribution in [0.5, 0.6) is 0 Å². The lowest BCUT2D eigenvalue weighted by Gasteiger charge is -2.59. The molecule has 4 aliphatic rings. The van der Waals surface area contributed by atoms with Crippen LogP contribution in [0.4, 0.5) is 0 Å². The highest BCUT2D eigenvalue weighted by atomic mass is 16.3. The first-order chi connectivity index (χ1) is 10.9. The normalized spacial score (nSPS) is 52.4. The third kappa shape index (κ3) is 2.06. The lowest BCUT2D eigenvalue weighted by Crippen LogP contribution is -2.56. The Balaban J connectivity index is 1.72. The van der Waals surface area contributed by atoms with Gasteiger partial charge in [0, 0.05) is 6.42 Å². The molecule has 0 spiro atoms. The van der Waals surface area contributed by atoms with Gasteiger partial charge in [0.2, 0.25) is 0 Å². The van der Waals surface area contributed by atoms with Gasteiger partial charge in [-0.2, -0.15) is 0 Å². The van der Waals surface area contributed by atoms with Crippen LogP contribution in [-0.2, 0) is 4.79 Å². The lowest BCUT2D eigenvalue weighted by atomic mass is 9.46. The molecule has 7 atom stereocenters. The van der Waals surface area contributed by atoms with E-state index in [2.05, 4.69) is 20.8 Å². The second-order valence-electron chi connectivity index (χ2n) is 9.35. The van der Waals surface area contributed by atoms with Crippen molar-refractivity contribution in [2.75, 3.05) is 0 Å². The van der Waals surface area contributed by atoms with Crippen molar-refractivity contribution in [1.82, 2.24) is 0 Å². The van der Waals surface area contributed by atoms with E-state index in [0.29, 0.717) is 29.5 Å². The molecule has 128 valence electrons. The molecule has 4 rings (SSSR count). The average Bonchev–Trinajstić information content (AvgIpc) is 2.83. The summed E-state index contributed by atoms with van der Waals surface area (Å²) in [5, 5.41) is 11.2. The Morgan fingerprint density at radius 3 is 2.74 bits per heavy atom. The Hall–Kier alpha value is -0.630. The van der Waals surface area contributed by atoms with Crippen molar-refractivity contribution in [3.8, 4) is 0 Å². The number of carbonyl (C=O) groups excluding carboxylic acids is 1. The van der Waals surface area contributed by atoms with Gasteiger partial charge in [-0.15, -0.1) is 0 Å². The number of fused-ring (bicyclic) bond motifs is 5. The summed E-state index contributed by atoms with van der Waals surface area (Å²) in [6.45, 7) is 7.14. The van der Waals surface area contributed by atoms with Gasteiger partial charge in [0.15, 0.2) is 5.78 Å². The van der Waals surface area contributed by atoms with Crippen LogP contribution in [-0.4, -0.2) is 17.0 Å². The predicted molar refractivity (Wildman–Crippen MR) is 91.9 cm³/mol. The number of aliphatic hydroxyl groups is 1. The SMILES string of the molecule is CC[C@H]1CC[C@H]2[C@@H]3CCC4=CC(=O)CC[C@]4(C)[C@H]3[C@H](O)C[C@]12C. The molecule has 0 aromatic heterocycles. The van der Waals surface area contributed by atoms with E-state index in [4.69, 9.17) is 0 Å². The second-order valence-corrected chi connectivity index (χ2v) is 9.35. The highest BCUT2D eigenvalue weighted by Crippen LogP contribution is 2.66. The van der Waals surface area contributed by atoms with Gasteiger partial charge < -0.3 is 5.11 Å². The molecule has 0 heterocycles. The van der Waals surface area contributed by atoms with Crippen LogP contribution in [0, 0.1) is 34.5 Å². The van der Waals surface area contributed by atoms with Crippen LogP contribution in [0.2, 0.25) is 0 Å². The third-order valence-corrected chi connectivity index (χ3v) is 8.58. The zero-order valence-electron chi connectivity index (χ0n) is 15.0. The summed E-state index contributed by atoms with van der Waals surface area (Å²) in [5.41, 5.74) is 1.77. The Bertz CT molecular complexity index is 550. The molecule has 0 amide bonds. The van der Waals surface area contributed by atoms with Crippen LogP contribution in [0.1, 0.15) is 72.1 Å². The average molecular weight is 316 g/mol. The highest BCUT2D eigenvalue weighted by molar-refractivity contribution is 5.91. The van der Waals surface area contributed by atoms with Crippen molar-refractivity contribution in [3.05, 3.63) is 11.6 Å². The summed E-state index contributed by atoms with van der Waals surface area (Å²) >= 11 is 0. The molecule has 2 nitrogen and oxygen atoms in total. The summed E-state index contributed by atoms with van der Waals surface area (Å²) in [6.07, 6.45) is 10.6. The quantitative estimate of drug-likeness (QED) is 0.772. The third-order valence-electron chi connectivity index (χ3n) is 8.58. The Kier molecular flexibility index (Phi) is 3.58. The van der Waals surface area contributed by atoms with Gasteiger partial charge in [-0.3, -0.25) is 4.79 Å². The minimum atomic E-state index is -0.185. The van der Waals surface area contributed by atoms with Crippen molar-refractivity contribution in [1.29, 1.82) is 0 Å². The molecular weight excluding hydrogens is 284 g/mol. The number of allylic oxidation sites excluding steroid dienone is 1. The molecule has 1 N–H and O–H groups in total. The van der Waals surface area contributed by atoms with Crippen molar-refractivity contribution in [2.24, 2.45) is 34.5 Å². The van der Waals surface area contributed by atoms with Gasteiger partial charge in [-0.25, -0.2) is 0 Å². The summed E-state index contributed by atoms with van der Waals surface area (Å²) in [6, 6.07) is 0. The Morgan fingerprint density at radius 1 is 1.22 bits per heavy atom. The molecule has 0 bridgehead atoms. The molecule has 3 fully saturated rings. The molecule has 2 heteroatoms. The molecule has 4 aliphatic carbocycles. The van der Waals surface area contributed by atoms with Gasteiger partial charge in [0.1, 0.15) is 0 Å². The summed E-state index contributed by atoms with van der Waals surface area (Å²) in [5.74, 6) is 2.93. The topological polar surface area (TPSA) is 37.3 Å². The molecule has 23 heavy (non-hydrogen) atoms. The number of aliphatic hydroxyl groups excluding tert-OH is 1. The maximum absolute atomic E-state index is 11.9. The number of rotatable bonds is 1. The first-order valence-corrected chi connectivity index (χ1v) is 9.82. The maximum atomic E-state index is 11.9. The predicted octanol–water partition coefficient (Wildman–Crippen LogP) is 4.52. The van der Waals surface area contributed by atoms with Crippen LogP contribution in [0.15, 0.2) is 11.6 Å². The maximum Gasteiger partial charge on any atom is 0.155 e. The standard InChI is InChI=1S/C21H32O2/c1-4-13-6-8-17-16-7-5-14-11-15(22)9-10-20(14,2)19(16)18(23)12-21(13,17)3/h11,13,16-19,23H,4-10,12H2,1-3H3/t13-,16-,17-,18+,19+,20-,21+/m0/s1. The molecular formula is C21H32O2. The number of ketones is 1. The van der Waals surface area contributed by atoms with Crippen LogP contribution < -0.4 is 0 Å². The molecule has 0 unspecified atom stereocenters. The van der Waals surface area contributed by atoms with E-state index >= 15 is 0 Å². The van der Waals surface area contributed by atoms with Crippen molar-refractivity contribution in [3.63, 3.8) is 0 Å². The van der Waals surface area contributed by atoms with Gasteiger partial charge in [-0.1, -0.05) is 32.8 Å². The summed E-state index contributed by atoms with van der Waals surface area (Å²) in [7, 11) is 0. The van der Waals surface area contributed by atoms with Crippen LogP contribution >= 0.6 is 0 Å². The first kappa shape index (κ1) is 15.9. The molecule has 3 saturated carbocycles. The lowest BCUT2D eigenvalue weighted by molar-refractivity contribution is -0.133. The number of carbonyl (C=O) groups is 1. The summed E-state index contributed by atoms with van der Waals surface area (Å²) < 4.78 is 0. The molecule has 0 aliphatic heterocycles. The Labute approximate surface area is 140 Å². The van der Waals surface area contributed by atoms with E-state index in [1.807, 2.05) is 6.08 Å². The minimum Gasteiger partial charge on any atom is -0.393 e. The molecule has 0 aromatic rings. The van der Waals surface area contributed by atoms with E-state index in [1.165, 1.54) is 31.3 Å². The minimum absolute atomic E-state index is 0.0713. The van der Waals surface area contributed by atoms with Crippen molar-refractivity contribution in [2.45, 2.75) is 78.2 Å². The smallest absolute Gasteiger partial charge is 0.155 e. The molecule has 0 aromatic carbocycles. The van der Waals surface area contributed by atoms with Gasteiger partial charge >= 0.3 is 0 Å². The van der Waals surface area contributed by atoms with E-state index < -0.39 is 0 Å². The largest absolute Gasteiger partial charge is 0.393 e. The van der Waals surface area contributed by atoms with Crippen LogP contribution in [0.25, 0.3) is 0 Å². The Morgan fingerprint density at radius 2 is 2.00 bits per heavy atom. The second kappa shape index (κ2) is 5.18. The molecule has 0 saturated heterocycles. The van der Waals surface area contributed by atoms with Crippen LogP contribution in [0.3, 0.4) is 0 Å². The molecule has 0 radical (unpaired) electrons. The zero-order valence-corrected chi connectivity index (χ0v) is 15.0. The van der Waals surface area contributed by atoms with E-state index in [-0.39, 0.29) is 11.5 Å². The van der Waals surface area contributed by atoms with E-state index in [1.54, 1.807) is 0 Å². The van der Waals surface area contributed by atoms with Gasteiger partial charge in [0.25, 0.3) is 0 Å². The van der Waals surface area contributed by atoms with E-state index in [9.17, 15) is 9.90 Å². The van der Waals surface area contributed by atoms with E-state index in [0.717, 1.165) is 31.1 Å². The number of hydrogen-bond acceptors (Lipinski definition) is 2. The van der Waals surface area contributed by atoms with Gasteiger partial charge in [-0.05, 0) is 79.1 Å². The van der Waals surface area contributed by atoms with Crippen molar-refractivity contribution < 1.29 is 9.90 Å². The summed E-state index contributed by atoms with van der Waals surface area (Å²) in [4.78, 5) is 11.9. The van der Waals surface area contributed by atoms with Crippen molar-refractivity contribution >= 4 is 5.78 Å². The zero-order chi connectivity index (χ0) is 16.4. The monoisotopic (exact) mass is 316 g/mol.